The average Bonchev–Trinajstić information content (AvgIpc) is 2.44. The molecule has 2 amide bonds. The van der Waals surface area contributed by atoms with Crippen molar-refractivity contribution in [2.75, 3.05) is 18.4 Å². The van der Waals surface area contributed by atoms with Crippen LogP contribution in [0, 0.1) is 23.1 Å². The summed E-state index contributed by atoms with van der Waals surface area (Å²) in [5.41, 5.74) is 0.0524. The third-order valence-corrected chi connectivity index (χ3v) is 3.38. The molecule has 100 valence electrons. The molecule has 1 N–H and O–H groups in total. The van der Waals surface area contributed by atoms with Gasteiger partial charge >= 0.3 is 6.03 Å². The Morgan fingerprint density at radius 2 is 2.37 bits per heavy atom. The lowest BCUT2D eigenvalue weighted by Crippen LogP contribution is -2.42. The second kappa shape index (κ2) is 5.89. The molecular formula is C13H13ClFN3O. The number of carbonyl (C=O) groups excluding carboxylic acids is 1. The van der Waals surface area contributed by atoms with Crippen LogP contribution in [-0.2, 0) is 0 Å². The molecule has 1 aliphatic rings. The summed E-state index contributed by atoms with van der Waals surface area (Å²) >= 11 is 5.65. The van der Waals surface area contributed by atoms with Gasteiger partial charge in [0.25, 0.3) is 0 Å². The predicted molar refractivity (Wildman–Crippen MR) is 70.3 cm³/mol. The van der Waals surface area contributed by atoms with Crippen molar-refractivity contribution in [1.29, 1.82) is 5.26 Å². The van der Waals surface area contributed by atoms with Gasteiger partial charge in [0.1, 0.15) is 0 Å². The molecule has 0 aliphatic carbocycles. The molecule has 0 saturated carbocycles. The molecule has 2 rings (SSSR count). The van der Waals surface area contributed by atoms with Crippen LogP contribution in [0.4, 0.5) is 14.9 Å². The third-order valence-electron chi connectivity index (χ3n) is 3.08. The first-order valence-electron chi connectivity index (χ1n) is 6.01. The lowest BCUT2D eigenvalue weighted by Gasteiger charge is -2.29. The summed E-state index contributed by atoms with van der Waals surface area (Å²) < 4.78 is 13.7. The fraction of sp³-hybridized carbons (Fsp3) is 0.385. The molecule has 0 radical (unpaired) electrons. The molecule has 0 aromatic heterocycles. The number of urea groups is 1. The molecule has 1 heterocycles. The number of rotatable bonds is 1. The number of piperidine rings is 1. The monoisotopic (exact) mass is 281 g/mol. The van der Waals surface area contributed by atoms with Crippen LogP contribution in [0.25, 0.3) is 0 Å². The van der Waals surface area contributed by atoms with E-state index in [2.05, 4.69) is 11.4 Å². The van der Waals surface area contributed by atoms with Crippen molar-refractivity contribution < 1.29 is 9.18 Å². The van der Waals surface area contributed by atoms with E-state index in [1.807, 2.05) is 0 Å². The van der Waals surface area contributed by atoms with Crippen molar-refractivity contribution in [2.45, 2.75) is 12.8 Å². The standard InChI is InChI=1S/C13H13ClFN3O/c14-10-4-1-5-11(12(10)15)17-13(19)18-6-2-3-9(7-16)8-18/h1,4-5,9H,2-3,6,8H2,(H,17,19). The summed E-state index contributed by atoms with van der Waals surface area (Å²) in [6.45, 7) is 0.955. The molecule has 1 atom stereocenters. The second-order valence-corrected chi connectivity index (χ2v) is 4.85. The van der Waals surface area contributed by atoms with Gasteiger partial charge in [-0.25, -0.2) is 9.18 Å². The lowest BCUT2D eigenvalue weighted by atomic mass is 10.0. The fourth-order valence-electron chi connectivity index (χ4n) is 2.06. The van der Waals surface area contributed by atoms with E-state index in [9.17, 15) is 9.18 Å². The quantitative estimate of drug-likeness (QED) is 0.859. The maximum atomic E-state index is 13.7. The summed E-state index contributed by atoms with van der Waals surface area (Å²) in [5, 5.41) is 11.3. The molecule has 0 spiro atoms. The molecule has 1 saturated heterocycles. The van der Waals surface area contributed by atoms with Crippen LogP contribution in [-0.4, -0.2) is 24.0 Å². The number of anilines is 1. The number of halogens is 2. The minimum absolute atomic E-state index is 0.0358. The van der Waals surface area contributed by atoms with Crippen molar-refractivity contribution in [2.24, 2.45) is 5.92 Å². The van der Waals surface area contributed by atoms with Crippen LogP contribution < -0.4 is 5.32 Å². The second-order valence-electron chi connectivity index (χ2n) is 4.45. The number of hydrogen-bond acceptors (Lipinski definition) is 2. The van der Waals surface area contributed by atoms with Crippen LogP contribution in [0.5, 0.6) is 0 Å². The predicted octanol–water partition coefficient (Wildman–Crippen LogP) is 3.25. The zero-order valence-corrected chi connectivity index (χ0v) is 11.0. The summed E-state index contributed by atoms with van der Waals surface area (Å²) in [5.74, 6) is -0.796. The molecule has 1 fully saturated rings. The van der Waals surface area contributed by atoms with Gasteiger partial charge in [-0.05, 0) is 25.0 Å². The normalized spacial score (nSPS) is 18.8. The molecule has 19 heavy (non-hydrogen) atoms. The van der Waals surface area contributed by atoms with E-state index in [4.69, 9.17) is 16.9 Å². The highest BCUT2D eigenvalue weighted by atomic mass is 35.5. The average molecular weight is 282 g/mol. The van der Waals surface area contributed by atoms with Crippen LogP contribution in [0.1, 0.15) is 12.8 Å². The minimum Gasteiger partial charge on any atom is -0.323 e. The Balaban J connectivity index is 2.05. The van der Waals surface area contributed by atoms with Crippen molar-refractivity contribution in [3.8, 4) is 6.07 Å². The summed E-state index contributed by atoms with van der Waals surface area (Å²) in [7, 11) is 0. The van der Waals surface area contributed by atoms with Crippen molar-refractivity contribution in [1.82, 2.24) is 4.90 Å². The molecule has 6 heteroatoms. The van der Waals surface area contributed by atoms with E-state index < -0.39 is 11.8 Å². The van der Waals surface area contributed by atoms with Gasteiger partial charge in [-0.15, -0.1) is 0 Å². The Hall–Kier alpha value is -1.80. The Bertz CT molecular complexity index is 529. The van der Waals surface area contributed by atoms with Crippen LogP contribution in [0.3, 0.4) is 0 Å². The smallest absolute Gasteiger partial charge is 0.321 e. The van der Waals surface area contributed by atoms with Gasteiger partial charge in [0, 0.05) is 13.1 Å². The Labute approximate surface area is 115 Å². The fourth-order valence-corrected chi connectivity index (χ4v) is 2.24. The summed E-state index contributed by atoms with van der Waals surface area (Å²) in [6.07, 6.45) is 1.58. The molecule has 1 aromatic carbocycles. The Morgan fingerprint density at radius 1 is 1.58 bits per heavy atom. The molecule has 1 aliphatic heterocycles. The van der Waals surface area contributed by atoms with Crippen molar-refractivity contribution in [3.63, 3.8) is 0 Å². The topological polar surface area (TPSA) is 56.1 Å². The first-order chi connectivity index (χ1) is 9.11. The molecule has 1 aromatic rings. The highest BCUT2D eigenvalue weighted by Crippen LogP contribution is 2.23. The number of likely N-dealkylation sites (tertiary alicyclic amines) is 1. The van der Waals surface area contributed by atoms with Gasteiger partial charge in [0.15, 0.2) is 5.82 Å². The van der Waals surface area contributed by atoms with Gasteiger partial charge in [-0.1, -0.05) is 17.7 Å². The van der Waals surface area contributed by atoms with E-state index in [0.717, 1.165) is 12.8 Å². The van der Waals surface area contributed by atoms with Gasteiger partial charge in [0.05, 0.1) is 22.7 Å². The van der Waals surface area contributed by atoms with E-state index in [1.54, 1.807) is 6.07 Å². The van der Waals surface area contributed by atoms with Gasteiger partial charge in [-0.2, -0.15) is 5.26 Å². The van der Waals surface area contributed by atoms with Crippen molar-refractivity contribution in [3.05, 3.63) is 29.0 Å². The summed E-state index contributed by atoms with van der Waals surface area (Å²) in [4.78, 5) is 13.5. The summed E-state index contributed by atoms with van der Waals surface area (Å²) in [6, 6.07) is 6.18. The Kier molecular flexibility index (Phi) is 4.23. The van der Waals surface area contributed by atoms with Gasteiger partial charge in [-0.3, -0.25) is 0 Å². The lowest BCUT2D eigenvalue weighted by molar-refractivity contribution is 0.189. The SMILES string of the molecule is N#CC1CCCN(C(=O)Nc2cccc(Cl)c2F)C1. The van der Waals surface area contributed by atoms with E-state index in [0.29, 0.717) is 13.1 Å². The number of nitriles is 1. The molecule has 1 unspecified atom stereocenters. The highest BCUT2D eigenvalue weighted by Gasteiger charge is 2.24. The van der Waals surface area contributed by atoms with Gasteiger partial charge < -0.3 is 10.2 Å². The largest absolute Gasteiger partial charge is 0.323 e. The first kappa shape index (κ1) is 13.6. The Morgan fingerprint density at radius 3 is 3.11 bits per heavy atom. The van der Waals surface area contributed by atoms with Crippen LogP contribution in [0.2, 0.25) is 5.02 Å². The zero-order chi connectivity index (χ0) is 13.8. The minimum atomic E-state index is -0.647. The van der Waals surface area contributed by atoms with Crippen molar-refractivity contribution >= 4 is 23.3 Å². The number of amides is 2. The number of hydrogen-bond donors (Lipinski definition) is 1. The van der Waals surface area contributed by atoms with Gasteiger partial charge in [0.2, 0.25) is 0 Å². The number of nitrogens with one attached hydrogen (secondary N) is 1. The zero-order valence-electron chi connectivity index (χ0n) is 10.2. The third kappa shape index (κ3) is 3.15. The maximum absolute atomic E-state index is 13.7. The van der Waals surface area contributed by atoms with E-state index in [1.165, 1.54) is 17.0 Å². The molecule has 0 bridgehead atoms. The number of carbonyl (C=O) groups is 1. The van der Waals surface area contributed by atoms with E-state index >= 15 is 0 Å². The highest BCUT2D eigenvalue weighted by molar-refractivity contribution is 6.31. The first-order valence-corrected chi connectivity index (χ1v) is 6.39. The van der Waals surface area contributed by atoms with E-state index in [-0.39, 0.29) is 16.6 Å². The maximum Gasteiger partial charge on any atom is 0.321 e. The number of benzene rings is 1. The van der Waals surface area contributed by atoms with Crippen LogP contribution >= 0.6 is 11.6 Å². The molecule has 4 nitrogen and oxygen atoms in total. The van der Waals surface area contributed by atoms with Crippen LogP contribution in [0.15, 0.2) is 18.2 Å². The number of nitrogens with zero attached hydrogens (tertiary/aromatic N) is 2. The molecular weight excluding hydrogens is 269 g/mol.